The molecule has 0 radical (unpaired) electrons. The molecule has 2 N–H and O–H groups in total. The van der Waals surface area contributed by atoms with Gasteiger partial charge < -0.3 is 15.4 Å². The predicted octanol–water partition coefficient (Wildman–Crippen LogP) is 3.09. The molecule has 0 bridgehead atoms. The van der Waals surface area contributed by atoms with Crippen molar-refractivity contribution in [3.05, 3.63) is 11.9 Å². The number of anilines is 2. The highest BCUT2D eigenvalue weighted by Crippen LogP contribution is 2.25. The van der Waals surface area contributed by atoms with Gasteiger partial charge >= 0.3 is 0 Å². The minimum Gasteiger partial charge on any atom is -0.381 e. The van der Waals surface area contributed by atoms with Crippen LogP contribution in [0.2, 0.25) is 0 Å². The fourth-order valence-electron chi connectivity index (χ4n) is 2.70. The zero-order valence-corrected chi connectivity index (χ0v) is 13.5. The van der Waals surface area contributed by atoms with E-state index in [0.29, 0.717) is 12.0 Å². The van der Waals surface area contributed by atoms with Crippen LogP contribution in [0.4, 0.5) is 11.6 Å². The Hall–Kier alpha value is -1.36. The molecule has 118 valence electrons. The van der Waals surface area contributed by atoms with Crippen LogP contribution in [-0.4, -0.2) is 35.8 Å². The Kier molecular flexibility index (Phi) is 6.23. The van der Waals surface area contributed by atoms with E-state index in [1.165, 1.54) is 5.56 Å². The number of hydrogen-bond acceptors (Lipinski definition) is 5. The van der Waals surface area contributed by atoms with Crippen molar-refractivity contribution in [3.63, 3.8) is 0 Å². The second-order valence-corrected chi connectivity index (χ2v) is 5.78. The van der Waals surface area contributed by atoms with E-state index < -0.39 is 0 Å². The van der Waals surface area contributed by atoms with Crippen molar-refractivity contribution >= 4 is 11.6 Å². The number of nitrogens with zero attached hydrogens (tertiary/aromatic N) is 2. The molecule has 1 saturated heterocycles. The number of hydrogen-bond donors (Lipinski definition) is 2. The Morgan fingerprint density at radius 2 is 2.10 bits per heavy atom. The summed E-state index contributed by atoms with van der Waals surface area (Å²) in [6.45, 7) is 9.24. The quantitative estimate of drug-likeness (QED) is 0.771. The third kappa shape index (κ3) is 4.30. The van der Waals surface area contributed by atoms with E-state index in [9.17, 15) is 0 Å². The third-order valence-corrected chi connectivity index (χ3v) is 4.02. The first-order valence-corrected chi connectivity index (χ1v) is 8.18. The highest BCUT2D eigenvalue weighted by molar-refractivity contribution is 5.57. The van der Waals surface area contributed by atoms with Crippen LogP contribution in [0.1, 0.15) is 45.6 Å². The first kappa shape index (κ1) is 16.0. The Balaban J connectivity index is 2.12. The van der Waals surface area contributed by atoms with Gasteiger partial charge in [0.2, 0.25) is 0 Å². The zero-order chi connectivity index (χ0) is 15.1. The summed E-state index contributed by atoms with van der Waals surface area (Å²) in [7, 11) is 0. The number of rotatable bonds is 8. The predicted molar refractivity (Wildman–Crippen MR) is 86.8 cm³/mol. The molecule has 2 atom stereocenters. The van der Waals surface area contributed by atoms with Crippen LogP contribution in [0, 0.1) is 5.92 Å². The van der Waals surface area contributed by atoms with E-state index >= 15 is 0 Å². The van der Waals surface area contributed by atoms with Crippen LogP contribution in [0.15, 0.2) is 6.33 Å². The SMILES string of the molecule is CCCNc1ncnc(NC(C)C2CCOC2)c1CCC. The van der Waals surface area contributed by atoms with Gasteiger partial charge in [-0.15, -0.1) is 0 Å². The van der Waals surface area contributed by atoms with E-state index in [4.69, 9.17) is 4.74 Å². The average molecular weight is 292 g/mol. The molecule has 0 spiro atoms. The molecule has 2 unspecified atom stereocenters. The summed E-state index contributed by atoms with van der Waals surface area (Å²) < 4.78 is 5.49. The molecule has 1 aliphatic heterocycles. The van der Waals surface area contributed by atoms with Gasteiger partial charge in [-0.2, -0.15) is 0 Å². The molecule has 1 fully saturated rings. The van der Waals surface area contributed by atoms with E-state index in [1.807, 2.05) is 0 Å². The lowest BCUT2D eigenvalue weighted by Gasteiger charge is -2.22. The molecule has 0 amide bonds. The lowest BCUT2D eigenvalue weighted by Crippen LogP contribution is -2.27. The van der Waals surface area contributed by atoms with Gasteiger partial charge in [0.25, 0.3) is 0 Å². The van der Waals surface area contributed by atoms with Crippen LogP contribution in [0.25, 0.3) is 0 Å². The Morgan fingerprint density at radius 1 is 1.29 bits per heavy atom. The van der Waals surface area contributed by atoms with Gasteiger partial charge in [-0.25, -0.2) is 9.97 Å². The van der Waals surface area contributed by atoms with Gasteiger partial charge in [0.15, 0.2) is 0 Å². The lowest BCUT2D eigenvalue weighted by molar-refractivity contribution is 0.183. The van der Waals surface area contributed by atoms with Crippen molar-refractivity contribution in [1.29, 1.82) is 0 Å². The molecule has 2 heterocycles. The van der Waals surface area contributed by atoms with Crippen molar-refractivity contribution in [2.24, 2.45) is 5.92 Å². The summed E-state index contributed by atoms with van der Waals surface area (Å²) in [5.41, 5.74) is 1.21. The van der Waals surface area contributed by atoms with Crippen molar-refractivity contribution in [1.82, 2.24) is 9.97 Å². The summed E-state index contributed by atoms with van der Waals surface area (Å²) in [6, 6.07) is 0.372. The summed E-state index contributed by atoms with van der Waals surface area (Å²) in [5.74, 6) is 2.53. The molecule has 0 saturated carbocycles. The highest BCUT2D eigenvalue weighted by Gasteiger charge is 2.23. The number of ether oxygens (including phenoxy) is 1. The molecule has 5 nitrogen and oxygen atoms in total. The van der Waals surface area contributed by atoms with Crippen LogP contribution in [-0.2, 0) is 11.2 Å². The topological polar surface area (TPSA) is 59.1 Å². The molecule has 1 aromatic heterocycles. The molecule has 2 rings (SSSR count). The van der Waals surface area contributed by atoms with Crippen LogP contribution in [0.5, 0.6) is 0 Å². The molecule has 0 aromatic carbocycles. The van der Waals surface area contributed by atoms with Gasteiger partial charge in [-0.3, -0.25) is 0 Å². The minimum atomic E-state index is 0.372. The van der Waals surface area contributed by atoms with E-state index in [0.717, 1.165) is 57.1 Å². The van der Waals surface area contributed by atoms with Crippen molar-refractivity contribution in [2.75, 3.05) is 30.4 Å². The lowest BCUT2D eigenvalue weighted by atomic mass is 10.0. The molecule has 0 aliphatic carbocycles. The van der Waals surface area contributed by atoms with Crippen molar-refractivity contribution in [3.8, 4) is 0 Å². The first-order chi connectivity index (χ1) is 10.3. The van der Waals surface area contributed by atoms with Crippen molar-refractivity contribution < 1.29 is 4.74 Å². The van der Waals surface area contributed by atoms with Gasteiger partial charge in [-0.1, -0.05) is 20.3 Å². The van der Waals surface area contributed by atoms with Gasteiger partial charge in [-0.05, 0) is 26.2 Å². The molecular formula is C16H28N4O. The zero-order valence-electron chi connectivity index (χ0n) is 13.5. The minimum absolute atomic E-state index is 0.372. The Morgan fingerprint density at radius 3 is 2.76 bits per heavy atom. The fourth-order valence-corrected chi connectivity index (χ4v) is 2.70. The number of nitrogens with one attached hydrogen (secondary N) is 2. The molecular weight excluding hydrogens is 264 g/mol. The molecule has 1 aliphatic rings. The second kappa shape index (κ2) is 8.17. The average Bonchev–Trinajstić information content (AvgIpc) is 3.02. The van der Waals surface area contributed by atoms with Crippen LogP contribution >= 0.6 is 0 Å². The van der Waals surface area contributed by atoms with Crippen molar-refractivity contribution in [2.45, 2.75) is 52.5 Å². The van der Waals surface area contributed by atoms with Gasteiger partial charge in [0.05, 0.1) is 6.61 Å². The monoisotopic (exact) mass is 292 g/mol. The number of aromatic nitrogens is 2. The standard InChI is InChI=1S/C16H28N4O/c1-4-6-14-15(17-8-5-2)18-11-19-16(14)20-12(3)13-7-9-21-10-13/h11-13H,4-10H2,1-3H3,(H2,17,18,19,20). The summed E-state index contributed by atoms with van der Waals surface area (Å²) in [4.78, 5) is 8.89. The largest absolute Gasteiger partial charge is 0.381 e. The van der Waals surface area contributed by atoms with Crippen LogP contribution in [0.3, 0.4) is 0 Å². The Bertz CT molecular complexity index is 432. The fraction of sp³-hybridized carbons (Fsp3) is 0.750. The van der Waals surface area contributed by atoms with E-state index in [1.54, 1.807) is 6.33 Å². The Labute approximate surface area is 127 Å². The molecule has 21 heavy (non-hydrogen) atoms. The summed E-state index contributed by atoms with van der Waals surface area (Å²) >= 11 is 0. The maximum absolute atomic E-state index is 5.49. The smallest absolute Gasteiger partial charge is 0.134 e. The second-order valence-electron chi connectivity index (χ2n) is 5.78. The third-order valence-electron chi connectivity index (χ3n) is 4.02. The maximum atomic E-state index is 5.49. The van der Waals surface area contributed by atoms with Gasteiger partial charge in [0.1, 0.15) is 18.0 Å². The molecule has 1 aromatic rings. The summed E-state index contributed by atoms with van der Waals surface area (Å²) in [5, 5.41) is 7.00. The summed E-state index contributed by atoms with van der Waals surface area (Å²) in [6.07, 6.45) is 5.95. The maximum Gasteiger partial charge on any atom is 0.134 e. The van der Waals surface area contributed by atoms with Gasteiger partial charge in [0, 0.05) is 30.7 Å². The van der Waals surface area contributed by atoms with E-state index in [-0.39, 0.29) is 0 Å². The first-order valence-electron chi connectivity index (χ1n) is 8.18. The highest BCUT2D eigenvalue weighted by atomic mass is 16.5. The molecule has 5 heteroatoms. The van der Waals surface area contributed by atoms with Crippen LogP contribution < -0.4 is 10.6 Å². The normalized spacial score (nSPS) is 19.5. The van der Waals surface area contributed by atoms with E-state index in [2.05, 4.69) is 41.4 Å².